The molecule has 244 valence electrons. The number of cyclic esters (lactones) is 1. The third-order valence-electron chi connectivity index (χ3n) is 7.78. The molecule has 1 saturated heterocycles. The van der Waals surface area contributed by atoms with E-state index in [1.807, 2.05) is 6.07 Å². The zero-order valence-corrected chi connectivity index (χ0v) is 25.7. The van der Waals surface area contributed by atoms with Crippen LogP contribution in [0.3, 0.4) is 0 Å². The van der Waals surface area contributed by atoms with Crippen LogP contribution in [-0.2, 0) is 28.7 Å². The van der Waals surface area contributed by atoms with Crippen LogP contribution in [0.4, 0.5) is 13.2 Å². The number of halogens is 3. The number of aromatic nitrogens is 1. The zero-order valence-electron chi connectivity index (χ0n) is 25.7. The van der Waals surface area contributed by atoms with E-state index < -0.39 is 66.3 Å². The third-order valence-corrected chi connectivity index (χ3v) is 7.78. The van der Waals surface area contributed by atoms with Crippen molar-refractivity contribution < 1.29 is 41.8 Å². The van der Waals surface area contributed by atoms with Crippen molar-refractivity contribution in [2.75, 3.05) is 13.2 Å². The predicted molar refractivity (Wildman–Crippen MR) is 158 cm³/mol. The quantitative estimate of drug-likeness (QED) is 0.437. The molecule has 0 radical (unpaired) electrons. The number of carbonyl (C=O) groups excluding carboxylic acids is 4. The molecule has 2 aromatic rings. The fraction of sp³-hybridized carbons (Fsp3) is 0.516. The number of esters is 1. The van der Waals surface area contributed by atoms with Gasteiger partial charge in [-0.25, -0.2) is 5.43 Å². The van der Waals surface area contributed by atoms with Gasteiger partial charge in [0.1, 0.15) is 17.5 Å². The first-order chi connectivity index (χ1) is 21.1. The minimum absolute atomic E-state index is 0.291. The Bertz CT molecular complexity index is 1480. The number of pyridine rings is 1. The second kappa shape index (κ2) is 13.5. The number of hydrogen-bond acceptors (Lipinski definition) is 8. The Morgan fingerprint density at radius 2 is 1.76 bits per heavy atom. The molecule has 5 bridgehead atoms. The lowest BCUT2D eigenvalue weighted by molar-refractivity contribution is -0.330. The fourth-order valence-electron chi connectivity index (χ4n) is 5.04. The van der Waals surface area contributed by atoms with Gasteiger partial charge in [0.2, 0.25) is 5.91 Å². The largest absolute Gasteiger partial charge is 0.522 e. The summed E-state index contributed by atoms with van der Waals surface area (Å²) in [4.78, 5) is 57.8. The SMILES string of the molecule is CC(C)[C@@H]1OC(=O)[C@@](C)(COC(F)(F)F)/C=C/c2ccc3ccc(nc3c2)[C@@H](C)NC(=O)[C@@H]2CCCN(N2)C(=O)[C@H](C)NC1=O. The van der Waals surface area contributed by atoms with Crippen molar-refractivity contribution in [2.45, 2.75) is 78.1 Å². The van der Waals surface area contributed by atoms with Gasteiger partial charge in [0.25, 0.3) is 11.8 Å². The summed E-state index contributed by atoms with van der Waals surface area (Å²) in [6.07, 6.45) is -2.77. The molecule has 0 unspecified atom stereocenters. The highest BCUT2D eigenvalue weighted by Gasteiger charge is 2.42. The van der Waals surface area contributed by atoms with Crippen molar-refractivity contribution in [1.82, 2.24) is 26.1 Å². The molecule has 5 atom stereocenters. The van der Waals surface area contributed by atoms with Crippen molar-refractivity contribution in [3.63, 3.8) is 0 Å². The molecule has 1 aromatic heterocycles. The molecule has 1 fully saturated rings. The van der Waals surface area contributed by atoms with E-state index in [9.17, 15) is 32.3 Å². The van der Waals surface area contributed by atoms with E-state index in [4.69, 9.17) is 4.74 Å². The van der Waals surface area contributed by atoms with E-state index in [1.54, 1.807) is 45.0 Å². The molecule has 14 heteroatoms. The average Bonchev–Trinajstić information content (AvgIpc) is 2.99. The first kappa shape index (κ1) is 33.8. The molecular weight excluding hydrogens is 595 g/mol. The molecule has 2 aliphatic heterocycles. The Hall–Kier alpha value is -4.04. The summed E-state index contributed by atoms with van der Waals surface area (Å²) < 4.78 is 48.9. The van der Waals surface area contributed by atoms with Gasteiger partial charge in [-0.2, -0.15) is 0 Å². The number of nitrogens with one attached hydrogen (secondary N) is 3. The number of ether oxygens (including phenoxy) is 2. The van der Waals surface area contributed by atoms with Crippen molar-refractivity contribution in [1.29, 1.82) is 0 Å². The van der Waals surface area contributed by atoms with Gasteiger partial charge in [0.15, 0.2) is 6.10 Å². The molecule has 4 rings (SSSR count). The number of nitrogens with zero attached hydrogens (tertiary/aromatic N) is 2. The number of carbonyl (C=O) groups is 4. The van der Waals surface area contributed by atoms with Gasteiger partial charge >= 0.3 is 12.3 Å². The van der Waals surface area contributed by atoms with Crippen LogP contribution in [-0.4, -0.2) is 71.4 Å². The molecule has 1 aromatic carbocycles. The normalized spacial score (nSPS) is 28.1. The highest BCUT2D eigenvalue weighted by atomic mass is 19.4. The maximum Gasteiger partial charge on any atom is 0.522 e. The van der Waals surface area contributed by atoms with Crippen LogP contribution in [0, 0.1) is 11.3 Å². The highest BCUT2D eigenvalue weighted by molar-refractivity contribution is 5.91. The van der Waals surface area contributed by atoms with Crippen LogP contribution >= 0.6 is 0 Å². The van der Waals surface area contributed by atoms with Crippen LogP contribution in [0.1, 0.15) is 64.8 Å². The van der Waals surface area contributed by atoms with Gasteiger partial charge in [-0.3, -0.25) is 33.9 Å². The maximum atomic E-state index is 13.5. The highest BCUT2D eigenvalue weighted by Crippen LogP contribution is 2.29. The monoisotopic (exact) mass is 633 g/mol. The smallest absolute Gasteiger partial charge is 0.451 e. The lowest BCUT2D eigenvalue weighted by Gasteiger charge is -2.35. The zero-order chi connectivity index (χ0) is 33.1. The predicted octanol–water partition coefficient (Wildman–Crippen LogP) is 3.55. The molecule has 0 spiro atoms. The van der Waals surface area contributed by atoms with E-state index >= 15 is 0 Å². The van der Waals surface area contributed by atoms with Gasteiger partial charge in [-0.1, -0.05) is 44.2 Å². The lowest BCUT2D eigenvalue weighted by Crippen LogP contribution is -2.61. The number of rotatable bonds is 3. The first-order valence-electron chi connectivity index (χ1n) is 14.8. The Kier molecular flexibility index (Phi) is 10.2. The van der Waals surface area contributed by atoms with Gasteiger partial charge < -0.3 is 15.4 Å². The Morgan fingerprint density at radius 3 is 2.44 bits per heavy atom. The van der Waals surface area contributed by atoms with Crippen molar-refractivity contribution in [3.8, 4) is 0 Å². The van der Waals surface area contributed by atoms with E-state index in [-0.39, 0.29) is 5.91 Å². The summed E-state index contributed by atoms with van der Waals surface area (Å²) in [6.45, 7) is 6.81. The molecule has 2 aliphatic rings. The number of fused-ring (bicyclic) bond motifs is 4. The minimum Gasteiger partial charge on any atom is -0.451 e. The third kappa shape index (κ3) is 8.37. The van der Waals surface area contributed by atoms with E-state index in [0.29, 0.717) is 36.2 Å². The maximum absolute atomic E-state index is 13.5. The molecule has 0 saturated carbocycles. The molecular formula is C31H38F3N5O6. The average molecular weight is 634 g/mol. The summed E-state index contributed by atoms with van der Waals surface area (Å²) in [5.41, 5.74) is 2.62. The van der Waals surface area contributed by atoms with Crippen LogP contribution in [0.5, 0.6) is 0 Å². The topological polar surface area (TPSA) is 139 Å². The van der Waals surface area contributed by atoms with Crippen LogP contribution in [0.15, 0.2) is 36.4 Å². The van der Waals surface area contributed by atoms with Crippen LogP contribution < -0.4 is 16.1 Å². The molecule has 3 N–H and O–H groups in total. The number of hydrazine groups is 1. The van der Waals surface area contributed by atoms with Crippen molar-refractivity contribution >= 4 is 40.7 Å². The second-order valence-electron chi connectivity index (χ2n) is 12.0. The number of benzene rings is 1. The van der Waals surface area contributed by atoms with Crippen LogP contribution in [0.25, 0.3) is 17.0 Å². The van der Waals surface area contributed by atoms with Gasteiger partial charge in [0, 0.05) is 11.9 Å². The van der Waals surface area contributed by atoms with Crippen LogP contribution in [0.2, 0.25) is 0 Å². The molecule has 3 heterocycles. The second-order valence-corrected chi connectivity index (χ2v) is 12.0. The first-order valence-corrected chi connectivity index (χ1v) is 14.8. The number of alkyl halides is 3. The van der Waals surface area contributed by atoms with E-state index in [1.165, 1.54) is 31.0 Å². The fourth-order valence-corrected chi connectivity index (χ4v) is 5.04. The molecule has 45 heavy (non-hydrogen) atoms. The summed E-state index contributed by atoms with van der Waals surface area (Å²) >= 11 is 0. The summed E-state index contributed by atoms with van der Waals surface area (Å²) in [6, 6.07) is 6.50. The van der Waals surface area contributed by atoms with Crippen molar-refractivity contribution in [2.24, 2.45) is 11.3 Å². The minimum atomic E-state index is -5.03. The summed E-state index contributed by atoms with van der Waals surface area (Å²) in [5, 5.41) is 7.52. The number of hydrogen-bond donors (Lipinski definition) is 3. The molecule has 0 aliphatic carbocycles. The Labute approximate surface area is 258 Å². The van der Waals surface area contributed by atoms with E-state index in [2.05, 4.69) is 25.8 Å². The Morgan fingerprint density at radius 1 is 1.07 bits per heavy atom. The molecule has 3 amide bonds. The summed E-state index contributed by atoms with van der Waals surface area (Å²) in [7, 11) is 0. The number of amides is 3. The Balaban J connectivity index is 1.75. The standard InChI is InChI=1S/C31H38F3N5O6/c1-17(2)25-27(41)36-19(4)28(42)39-14-6-7-23(38-39)26(40)35-18(3)22-11-10-21-9-8-20(15-24(21)37-22)12-13-30(5,29(43)45-25)16-44-31(32,33)34/h8-13,15,17-19,23,25,38H,6-7,14,16H2,1-5H3,(H,35,40)(H,36,41)/b13-12+/t18-,19+,23+,25+,30-/m1/s1. The van der Waals surface area contributed by atoms with Gasteiger partial charge in [0.05, 0.1) is 23.9 Å². The lowest BCUT2D eigenvalue weighted by atomic mass is 9.90. The van der Waals surface area contributed by atoms with E-state index in [0.717, 1.165) is 5.39 Å². The molecule has 11 nitrogen and oxygen atoms in total. The van der Waals surface area contributed by atoms with Gasteiger partial charge in [-0.05, 0) is 57.2 Å². The van der Waals surface area contributed by atoms with Crippen molar-refractivity contribution in [3.05, 3.63) is 47.7 Å². The summed E-state index contributed by atoms with van der Waals surface area (Å²) in [5.74, 6) is -3.37. The van der Waals surface area contributed by atoms with Gasteiger partial charge in [-0.15, -0.1) is 13.2 Å².